The molecule has 2 aromatic heterocycles. The van der Waals surface area contributed by atoms with Crippen LogP contribution in [0, 0.1) is 0 Å². The Labute approximate surface area is 187 Å². The molecule has 4 N–H and O–H groups in total. The number of rotatable bonds is 8. The van der Waals surface area contributed by atoms with E-state index in [0.29, 0.717) is 43.6 Å². The minimum Gasteiger partial charge on any atom is -0.461 e. The first kappa shape index (κ1) is 24.7. The largest absolute Gasteiger partial charge is 0.461 e. The highest BCUT2D eigenvalue weighted by molar-refractivity contribution is 14.0. The fourth-order valence-electron chi connectivity index (χ4n) is 2.20. The second-order valence-electron chi connectivity index (χ2n) is 6.95. The van der Waals surface area contributed by atoms with Crippen molar-refractivity contribution in [2.24, 2.45) is 4.99 Å². The molecule has 0 unspecified atom stereocenters. The van der Waals surface area contributed by atoms with Gasteiger partial charge in [0.25, 0.3) is 0 Å². The predicted octanol–water partition coefficient (Wildman–Crippen LogP) is 2.31. The van der Waals surface area contributed by atoms with E-state index in [1.807, 2.05) is 33.8 Å². The normalized spacial score (nSPS) is 11.5. The third-order valence-corrected chi connectivity index (χ3v) is 3.32. The summed E-state index contributed by atoms with van der Waals surface area (Å²) in [7, 11) is 0. The van der Waals surface area contributed by atoms with Crippen molar-refractivity contribution in [3.63, 3.8) is 0 Å². The van der Waals surface area contributed by atoms with Crippen molar-refractivity contribution in [3.8, 4) is 11.6 Å². The Balaban J connectivity index is 0.00000420. The third kappa shape index (κ3) is 9.63. The fraction of sp³-hybridized carbons (Fsp3) is 0.556. The van der Waals surface area contributed by atoms with E-state index in [1.165, 1.54) is 0 Å². The van der Waals surface area contributed by atoms with Crippen molar-refractivity contribution in [2.45, 2.75) is 39.7 Å². The van der Waals surface area contributed by atoms with Gasteiger partial charge >= 0.3 is 6.09 Å². The Morgan fingerprint density at radius 3 is 2.69 bits per heavy atom. The average Bonchev–Trinajstić information content (AvgIpc) is 3.28. The molecule has 0 aromatic carbocycles. The zero-order valence-corrected chi connectivity index (χ0v) is 19.6. The number of nitrogens with one attached hydrogen (secondary N) is 4. The van der Waals surface area contributed by atoms with E-state index in [9.17, 15) is 4.79 Å². The van der Waals surface area contributed by atoms with Crippen LogP contribution in [0.15, 0.2) is 27.8 Å². The quantitative estimate of drug-likeness (QED) is 0.182. The van der Waals surface area contributed by atoms with Crippen molar-refractivity contribution < 1.29 is 13.9 Å². The maximum atomic E-state index is 11.6. The minimum absolute atomic E-state index is 0. The van der Waals surface area contributed by atoms with Gasteiger partial charge in [0.15, 0.2) is 11.7 Å². The molecule has 29 heavy (non-hydrogen) atoms. The van der Waals surface area contributed by atoms with Crippen LogP contribution >= 0.6 is 24.0 Å². The number of guanidine groups is 1. The first-order chi connectivity index (χ1) is 13.4. The number of hydrogen-bond acceptors (Lipinski definition) is 6. The monoisotopic (exact) mass is 519 g/mol. The van der Waals surface area contributed by atoms with E-state index >= 15 is 0 Å². The molecule has 0 fully saturated rings. The highest BCUT2D eigenvalue weighted by Gasteiger charge is 2.15. The Bertz CT molecular complexity index is 754. The highest BCUT2D eigenvalue weighted by Crippen LogP contribution is 2.14. The third-order valence-electron chi connectivity index (χ3n) is 3.32. The van der Waals surface area contributed by atoms with Crippen LogP contribution in [0.5, 0.6) is 0 Å². The van der Waals surface area contributed by atoms with Crippen molar-refractivity contribution >= 4 is 36.0 Å². The molecule has 11 heteroatoms. The minimum atomic E-state index is -0.509. The summed E-state index contributed by atoms with van der Waals surface area (Å²) >= 11 is 0. The van der Waals surface area contributed by atoms with Crippen LogP contribution in [0.1, 0.15) is 33.5 Å². The molecule has 0 aliphatic heterocycles. The number of furan rings is 1. The van der Waals surface area contributed by atoms with E-state index < -0.39 is 11.7 Å². The Kier molecular flexibility index (Phi) is 10.5. The number of aromatic nitrogens is 3. The van der Waals surface area contributed by atoms with Crippen molar-refractivity contribution in [1.29, 1.82) is 0 Å². The molecule has 2 aromatic rings. The molecule has 2 rings (SSSR count). The number of ether oxygens (including phenoxy) is 1. The number of nitrogens with zero attached hydrogens (tertiary/aromatic N) is 3. The summed E-state index contributed by atoms with van der Waals surface area (Å²) in [6.45, 7) is 9.68. The lowest BCUT2D eigenvalue weighted by atomic mass is 10.2. The molecule has 2 heterocycles. The summed E-state index contributed by atoms with van der Waals surface area (Å²) in [6.07, 6.45) is 1.76. The van der Waals surface area contributed by atoms with Crippen LogP contribution < -0.4 is 16.0 Å². The standard InChI is InChI=1S/C18H29N7O3.HI/c1-5-19-16(21-10-11-22-17(26)28-18(2,3)4)20-9-8-14-23-15(25-24-14)13-7-6-12-27-13;/h6-7,12H,5,8-11H2,1-4H3,(H,22,26)(H2,19,20,21)(H,23,24,25);1H. The van der Waals surface area contributed by atoms with Gasteiger partial charge in [0.2, 0.25) is 5.82 Å². The summed E-state index contributed by atoms with van der Waals surface area (Å²) in [6, 6.07) is 3.60. The molecule has 0 bridgehead atoms. The number of aromatic amines is 1. The number of carbonyl (C=O) groups excluding carboxylic acids is 1. The zero-order valence-electron chi connectivity index (χ0n) is 17.2. The lowest BCUT2D eigenvalue weighted by Gasteiger charge is -2.19. The van der Waals surface area contributed by atoms with E-state index in [1.54, 1.807) is 12.3 Å². The first-order valence-electron chi connectivity index (χ1n) is 9.31. The molecule has 0 saturated carbocycles. The van der Waals surface area contributed by atoms with Gasteiger partial charge in [-0.15, -0.1) is 24.0 Å². The summed E-state index contributed by atoms with van der Waals surface area (Å²) in [5, 5.41) is 16.0. The summed E-state index contributed by atoms with van der Waals surface area (Å²) < 4.78 is 10.5. The van der Waals surface area contributed by atoms with Crippen LogP contribution in [0.4, 0.5) is 4.79 Å². The van der Waals surface area contributed by atoms with Gasteiger partial charge in [-0.1, -0.05) is 0 Å². The average molecular weight is 519 g/mol. The molecule has 0 atom stereocenters. The number of amides is 1. The van der Waals surface area contributed by atoms with Crippen LogP contribution in [-0.2, 0) is 11.2 Å². The van der Waals surface area contributed by atoms with Crippen molar-refractivity contribution in [3.05, 3.63) is 24.2 Å². The maximum Gasteiger partial charge on any atom is 0.407 e. The summed E-state index contributed by atoms with van der Waals surface area (Å²) in [5.74, 6) is 2.55. The lowest BCUT2D eigenvalue weighted by Crippen LogP contribution is -2.42. The van der Waals surface area contributed by atoms with E-state index in [0.717, 1.165) is 12.4 Å². The number of aliphatic imine (C=N–C) groups is 1. The van der Waals surface area contributed by atoms with Crippen LogP contribution in [0.25, 0.3) is 11.6 Å². The van der Waals surface area contributed by atoms with Crippen molar-refractivity contribution in [2.75, 3.05) is 26.2 Å². The zero-order chi connectivity index (χ0) is 20.4. The molecule has 1 amide bonds. The van der Waals surface area contributed by atoms with E-state index in [2.05, 4.69) is 36.1 Å². The summed E-state index contributed by atoms with van der Waals surface area (Å²) in [4.78, 5) is 20.5. The number of carbonyl (C=O) groups is 1. The fourth-order valence-corrected chi connectivity index (χ4v) is 2.20. The van der Waals surface area contributed by atoms with Crippen LogP contribution in [0.3, 0.4) is 0 Å². The van der Waals surface area contributed by atoms with E-state index in [-0.39, 0.29) is 24.0 Å². The van der Waals surface area contributed by atoms with Gasteiger partial charge in [-0.3, -0.25) is 10.1 Å². The molecule has 162 valence electrons. The first-order valence-corrected chi connectivity index (χ1v) is 9.31. The lowest BCUT2D eigenvalue weighted by molar-refractivity contribution is 0.0529. The molecule has 0 aliphatic rings. The van der Waals surface area contributed by atoms with Gasteiger partial charge in [0.1, 0.15) is 11.4 Å². The smallest absolute Gasteiger partial charge is 0.407 e. The molecule has 0 radical (unpaired) electrons. The molecule has 0 aliphatic carbocycles. The maximum absolute atomic E-state index is 11.6. The van der Waals surface area contributed by atoms with Crippen molar-refractivity contribution in [1.82, 2.24) is 31.1 Å². The Morgan fingerprint density at radius 1 is 1.28 bits per heavy atom. The second kappa shape index (κ2) is 12.3. The predicted molar refractivity (Wildman–Crippen MR) is 121 cm³/mol. The topological polar surface area (TPSA) is 129 Å². The van der Waals surface area contributed by atoms with Gasteiger partial charge in [0, 0.05) is 32.6 Å². The number of H-pyrrole nitrogens is 1. The Hall–Kier alpha value is -2.31. The van der Waals surface area contributed by atoms with Gasteiger partial charge in [-0.05, 0) is 39.8 Å². The van der Waals surface area contributed by atoms with E-state index in [4.69, 9.17) is 9.15 Å². The van der Waals surface area contributed by atoms with Crippen LogP contribution in [0.2, 0.25) is 0 Å². The highest BCUT2D eigenvalue weighted by atomic mass is 127. The van der Waals surface area contributed by atoms with Gasteiger partial charge in [0.05, 0.1) is 6.26 Å². The van der Waals surface area contributed by atoms with Gasteiger partial charge < -0.3 is 25.1 Å². The molecular formula is C18H30IN7O3. The Morgan fingerprint density at radius 2 is 2.03 bits per heavy atom. The van der Waals surface area contributed by atoms with Crippen LogP contribution in [-0.4, -0.2) is 59.0 Å². The molecular weight excluding hydrogens is 489 g/mol. The second-order valence-corrected chi connectivity index (χ2v) is 6.95. The van der Waals surface area contributed by atoms with Gasteiger partial charge in [-0.2, -0.15) is 5.10 Å². The molecule has 10 nitrogen and oxygen atoms in total. The summed E-state index contributed by atoms with van der Waals surface area (Å²) in [5.41, 5.74) is -0.509. The molecule has 0 spiro atoms. The SMILES string of the molecule is CCNC(=NCCc1nc(-c2ccco2)n[nH]1)NCCNC(=O)OC(C)(C)C.I. The van der Waals surface area contributed by atoms with Gasteiger partial charge in [-0.25, -0.2) is 9.78 Å². The molecule has 0 saturated heterocycles. The number of hydrogen-bond donors (Lipinski definition) is 4. The number of halogens is 1. The number of alkyl carbamates (subject to hydrolysis) is 1.